The van der Waals surface area contributed by atoms with E-state index in [4.69, 9.17) is 0 Å². The third-order valence-corrected chi connectivity index (χ3v) is 6.27. The lowest BCUT2D eigenvalue weighted by Crippen LogP contribution is -2.27. The first-order chi connectivity index (χ1) is 16.7. The Morgan fingerprint density at radius 2 is 1.83 bits per heavy atom. The second-order valence-corrected chi connectivity index (χ2v) is 10.4. The number of likely N-dealkylation sites (N-methyl/N-ethyl adjacent to an activating group) is 1. The minimum atomic E-state index is -0.202. The van der Waals surface area contributed by atoms with E-state index in [0.29, 0.717) is 23.3 Å². The molecule has 0 saturated heterocycles. The van der Waals surface area contributed by atoms with Crippen molar-refractivity contribution in [1.29, 1.82) is 0 Å². The lowest BCUT2D eigenvalue weighted by atomic mass is 9.92. The molecular weight excluding hydrogens is 440 g/mol. The van der Waals surface area contributed by atoms with Crippen LogP contribution >= 0.6 is 0 Å². The molecule has 1 amide bonds. The van der Waals surface area contributed by atoms with E-state index in [1.807, 2.05) is 12.1 Å². The molecular formula is C26H32N8O. The summed E-state index contributed by atoms with van der Waals surface area (Å²) in [6, 6.07) is 8.46. The molecule has 0 atom stereocenters. The van der Waals surface area contributed by atoms with E-state index in [1.54, 1.807) is 12.4 Å². The van der Waals surface area contributed by atoms with Gasteiger partial charge in [-0.3, -0.25) is 4.79 Å². The Morgan fingerprint density at radius 3 is 2.60 bits per heavy atom. The van der Waals surface area contributed by atoms with Gasteiger partial charge in [0.25, 0.3) is 5.91 Å². The largest absolute Gasteiger partial charge is 0.349 e. The van der Waals surface area contributed by atoms with Crippen molar-refractivity contribution in [3.05, 3.63) is 59.0 Å². The molecule has 1 aromatic carbocycles. The molecule has 0 bridgehead atoms. The van der Waals surface area contributed by atoms with Gasteiger partial charge < -0.3 is 20.9 Å². The fourth-order valence-corrected chi connectivity index (χ4v) is 4.04. The van der Waals surface area contributed by atoms with Gasteiger partial charge in [0.1, 0.15) is 5.56 Å². The Kier molecular flexibility index (Phi) is 6.10. The van der Waals surface area contributed by atoms with E-state index in [1.165, 1.54) is 11.1 Å². The number of aromatic nitrogens is 4. The maximum absolute atomic E-state index is 12.9. The number of amides is 1. The number of fused-ring (bicyclic) bond motifs is 1. The van der Waals surface area contributed by atoms with Crippen molar-refractivity contribution in [2.24, 2.45) is 0 Å². The maximum atomic E-state index is 12.9. The van der Waals surface area contributed by atoms with Gasteiger partial charge in [-0.05, 0) is 55.6 Å². The standard InChI is InChI=1S/C26H32N8O/c1-26(2,3)21-9-11-27-24(31-21)32-22-20(23(35)29-18-7-8-18)14-28-25(33-22)30-19-6-5-17-15-34(4)12-10-16(17)13-19/h5-6,9,11,13-14,18H,7-8,10,12,15H2,1-4H3,(H,29,35)(H2,27,28,30,31,32,33). The zero-order chi connectivity index (χ0) is 24.6. The van der Waals surface area contributed by atoms with Crippen LogP contribution in [-0.2, 0) is 18.4 Å². The summed E-state index contributed by atoms with van der Waals surface area (Å²) in [5.41, 5.74) is 4.72. The molecule has 1 fully saturated rings. The van der Waals surface area contributed by atoms with Crippen LogP contribution in [0.15, 0.2) is 36.7 Å². The van der Waals surface area contributed by atoms with Crippen LogP contribution in [0.2, 0.25) is 0 Å². The zero-order valence-electron chi connectivity index (χ0n) is 20.7. The minimum Gasteiger partial charge on any atom is -0.349 e. The van der Waals surface area contributed by atoms with E-state index in [9.17, 15) is 4.79 Å². The summed E-state index contributed by atoms with van der Waals surface area (Å²) in [4.78, 5) is 33.3. The summed E-state index contributed by atoms with van der Waals surface area (Å²) in [5.74, 6) is 0.952. The molecule has 5 rings (SSSR count). The number of hydrogen-bond acceptors (Lipinski definition) is 8. The smallest absolute Gasteiger partial charge is 0.256 e. The number of anilines is 4. The van der Waals surface area contributed by atoms with Crippen molar-refractivity contribution >= 4 is 29.3 Å². The lowest BCUT2D eigenvalue weighted by molar-refractivity contribution is 0.0951. The summed E-state index contributed by atoms with van der Waals surface area (Å²) < 4.78 is 0. The number of benzene rings is 1. The van der Waals surface area contributed by atoms with Gasteiger partial charge in [0.15, 0.2) is 5.82 Å². The average molecular weight is 473 g/mol. The van der Waals surface area contributed by atoms with Crippen LogP contribution in [0.4, 0.5) is 23.4 Å². The average Bonchev–Trinajstić information content (AvgIpc) is 3.63. The van der Waals surface area contributed by atoms with Gasteiger partial charge in [-0.1, -0.05) is 26.8 Å². The monoisotopic (exact) mass is 472 g/mol. The van der Waals surface area contributed by atoms with Gasteiger partial charge in [-0.25, -0.2) is 15.0 Å². The van der Waals surface area contributed by atoms with Gasteiger partial charge in [0.05, 0.1) is 5.69 Å². The third kappa shape index (κ3) is 5.57. The molecule has 9 heteroatoms. The third-order valence-electron chi connectivity index (χ3n) is 6.27. The highest BCUT2D eigenvalue weighted by atomic mass is 16.1. The fourth-order valence-electron chi connectivity index (χ4n) is 4.04. The van der Waals surface area contributed by atoms with Crippen LogP contribution in [-0.4, -0.2) is 50.4 Å². The first-order valence-corrected chi connectivity index (χ1v) is 12.1. The Balaban J connectivity index is 1.43. The number of nitrogens with zero attached hydrogens (tertiary/aromatic N) is 5. The predicted molar refractivity (Wildman–Crippen MR) is 136 cm³/mol. The quantitative estimate of drug-likeness (QED) is 0.495. The Morgan fingerprint density at radius 1 is 1.03 bits per heavy atom. The van der Waals surface area contributed by atoms with Gasteiger partial charge in [0.2, 0.25) is 11.9 Å². The number of nitrogens with one attached hydrogen (secondary N) is 3. The van der Waals surface area contributed by atoms with Crippen LogP contribution in [0.3, 0.4) is 0 Å². The van der Waals surface area contributed by atoms with Crippen molar-refractivity contribution in [3.63, 3.8) is 0 Å². The van der Waals surface area contributed by atoms with E-state index >= 15 is 0 Å². The molecule has 2 aliphatic rings. The molecule has 9 nitrogen and oxygen atoms in total. The predicted octanol–water partition coefficient (Wildman–Crippen LogP) is 3.93. The molecule has 1 aliphatic heterocycles. The maximum Gasteiger partial charge on any atom is 0.256 e. The number of carbonyl (C=O) groups is 1. The van der Waals surface area contributed by atoms with E-state index in [-0.39, 0.29) is 17.4 Å². The van der Waals surface area contributed by atoms with E-state index in [0.717, 1.165) is 43.7 Å². The Bertz CT molecular complexity index is 1250. The van der Waals surface area contributed by atoms with Crippen molar-refractivity contribution in [1.82, 2.24) is 30.2 Å². The zero-order valence-corrected chi connectivity index (χ0v) is 20.7. The number of hydrogen-bond donors (Lipinski definition) is 3. The molecule has 3 N–H and O–H groups in total. The Labute approximate surface area is 205 Å². The topological polar surface area (TPSA) is 108 Å². The van der Waals surface area contributed by atoms with Crippen LogP contribution in [0.25, 0.3) is 0 Å². The highest BCUT2D eigenvalue weighted by Crippen LogP contribution is 2.26. The normalized spacial score (nSPS) is 15.9. The second-order valence-electron chi connectivity index (χ2n) is 10.4. The van der Waals surface area contributed by atoms with E-state index in [2.05, 4.69) is 80.7 Å². The lowest BCUT2D eigenvalue weighted by Gasteiger charge is -2.25. The van der Waals surface area contributed by atoms with Crippen LogP contribution in [0.5, 0.6) is 0 Å². The summed E-state index contributed by atoms with van der Waals surface area (Å²) in [7, 11) is 2.14. The number of carbonyl (C=O) groups excluding carboxylic acids is 1. The van der Waals surface area contributed by atoms with Crippen LogP contribution < -0.4 is 16.0 Å². The van der Waals surface area contributed by atoms with E-state index < -0.39 is 0 Å². The van der Waals surface area contributed by atoms with Gasteiger partial charge in [0, 0.05) is 42.6 Å². The highest BCUT2D eigenvalue weighted by molar-refractivity contribution is 5.99. The van der Waals surface area contributed by atoms with Crippen molar-refractivity contribution < 1.29 is 4.79 Å². The molecule has 0 radical (unpaired) electrons. The molecule has 0 spiro atoms. The molecule has 3 aromatic rings. The fraction of sp³-hybridized carbons (Fsp3) is 0.423. The van der Waals surface area contributed by atoms with Gasteiger partial charge in [-0.2, -0.15) is 4.98 Å². The summed E-state index contributed by atoms with van der Waals surface area (Å²) in [6.07, 6.45) is 6.28. The molecule has 3 heterocycles. The van der Waals surface area contributed by atoms with Crippen LogP contribution in [0.1, 0.15) is 60.8 Å². The Hall–Kier alpha value is -3.59. The minimum absolute atomic E-state index is 0.134. The second kappa shape index (κ2) is 9.22. The van der Waals surface area contributed by atoms with Crippen LogP contribution in [0, 0.1) is 0 Å². The summed E-state index contributed by atoms with van der Waals surface area (Å²) in [6.45, 7) is 8.28. The summed E-state index contributed by atoms with van der Waals surface area (Å²) >= 11 is 0. The van der Waals surface area contributed by atoms with Gasteiger partial charge >= 0.3 is 0 Å². The molecule has 2 aromatic heterocycles. The molecule has 182 valence electrons. The number of rotatable bonds is 6. The molecule has 0 unspecified atom stereocenters. The molecule has 1 saturated carbocycles. The van der Waals surface area contributed by atoms with Crippen molar-refractivity contribution in [2.45, 2.75) is 58.0 Å². The SMILES string of the molecule is CN1CCc2cc(Nc3ncc(C(=O)NC4CC4)c(Nc4nccc(C(C)(C)C)n4)n3)ccc2C1. The molecule has 1 aliphatic carbocycles. The highest BCUT2D eigenvalue weighted by Gasteiger charge is 2.26. The first kappa shape index (κ1) is 23.2. The van der Waals surface area contributed by atoms with Crippen molar-refractivity contribution in [3.8, 4) is 0 Å². The first-order valence-electron chi connectivity index (χ1n) is 12.1. The molecule has 35 heavy (non-hydrogen) atoms. The summed E-state index contributed by atoms with van der Waals surface area (Å²) in [5, 5.41) is 9.47. The van der Waals surface area contributed by atoms with Crippen molar-refractivity contribution in [2.75, 3.05) is 24.2 Å². The van der Waals surface area contributed by atoms with Gasteiger partial charge in [-0.15, -0.1) is 0 Å².